The normalized spacial score (nSPS) is 11.4. The molecule has 0 fully saturated rings. The number of rotatable bonds is 7. The summed E-state index contributed by atoms with van der Waals surface area (Å²) in [6, 6.07) is 69.9. The van der Waals surface area contributed by atoms with Crippen molar-refractivity contribution in [3.8, 4) is 78.5 Å². The maximum absolute atomic E-state index is 5.28. The lowest BCUT2D eigenvalue weighted by Gasteiger charge is -2.14. The van der Waals surface area contributed by atoms with E-state index in [0.29, 0.717) is 5.82 Å². The van der Waals surface area contributed by atoms with Crippen molar-refractivity contribution >= 4 is 44.4 Å². The molecule has 0 atom stereocenters. The Morgan fingerprint density at radius 2 is 0.814 bits per heavy atom. The van der Waals surface area contributed by atoms with E-state index in [0.717, 1.165) is 105 Å². The van der Waals surface area contributed by atoms with Crippen LogP contribution < -0.4 is 0 Å². The lowest BCUT2D eigenvalue weighted by atomic mass is 9.94. The van der Waals surface area contributed by atoms with Crippen LogP contribution in [0.2, 0.25) is 0 Å². The van der Waals surface area contributed by atoms with Gasteiger partial charge in [0.25, 0.3) is 0 Å². The predicted molar refractivity (Wildman–Crippen MR) is 244 cm³/mol. The first-order valence-electron chi connectivity index (χ1n) is 19.6. The third-order valence-corrected chi connectivity index (χ3v) is 11.5. The number of nitrogens with zero attached hydrogens (tertiary/aromatic N) is 5. The molecular formula is C53H33N5S. The first-order chi connectivity index (χ1) is 29.2. The van der Waals surface area contributed by atoms with E-state index in [1.165, 1.54) is 11.7 Å². The highest BCUT2D eigenvalue weighted by Gasteiger charge is 2.17. The van der Waals surface area contributed by atoms with Gasteiger partial charge in [0.05, 0.1) is 34.3 Å². The van der Waals surface area contributed by atoms with Crippen molar-refractivity contribution < 1.29 is 0 Å². The van der Waals surface area contributed by atoms with Gasteiger partial charge in [-0.3, -0.25) is 0 Å². The zero-order valence-electron chi connectivity index (χ0n) is 31.7. The van der Waals surface area contributed by atoms with Crippen molar-refractivity contribution in [3.05, 3.63) is 200 Å². The zero-order chi connectivity index (χ0) is 39.1. The predicted octanol–water partition coefficient (Wildman–Crippen LogP) is 13.9. The summed E-state index contributed by atoms with van der Waals surface area (Å²) in [5.41, 5.74) is 16.2. The Hall–Kier alpha value is -7.67. The van der Waals surface area contributed by atoms with Gasteiger partial charge < -0.3 is 0 Å². The van der Waals surface area contributed by atoms with Gasteiger partial charge in [0, 0.05) is 38.4 Å². The Balaban J connectivity index is 1.02. The molecule has 0 amide bonds. The summed E-state index contributed by atoms with van der Waals surface area (Å²) in [6.07, 6.45) is 0. The van der Waals surface area contributed by atoms with E-state index in [9.17, 15) is 0 Å². The van der Waals surface area contributed by atoms with Crippen LogP contribution in [0.4, 0.5) is 0 Å². The maximum Gasteiger partial charge on any atom is 0.160 e. The van der Waals surface area contributed by atoms with Gasteiger partial charge in [-0.15, -0.1) is 0 Å². The molecule has 11 aromatic rings. The highest BCUT2D eigenvalue weighted by Crippen LogP contribution is 2.39. The maximum atomic E-state index is 5.28. The highest BCUT2D eigenvalue weighted by atomic mass is 32.1. The fourth-order valence-corrected chi connectivity index (χ4v) is 8.54. The first-order valence-corrected chi connectivity index (χ1v) is 20.3. The average molecular weight is 772 g/mol. The van der Waals surface area contributed by atoms with E-state index in [2.05, 4.69) is 174 Å². The van der Waals surface area contributed by atoms with E-state index < -0.39 is 0 Å². The van der Waals surface area contributed by atoms with Crippen LogP contribution >= 0.6 is 11.7 Å². The SMILES string of the molecule is c1ccc(-c2cc(-c3ccccc3)cc(-c3cc(-c4ccc(-c5ccc6c(c5)nc(-c5ccccc5)c5ccc7nsnc7c56)cc4)nc(-c4ccccc4)n3)c2)cc1. The molecule has 6 heteroatoms. The summed E-state index contributed by atoms with van der Waals surface area (Å²) >= 11 is 1.25. The summed E-state index contributed by atoms with van der Waals surface area (Å²) < 4.78 is 9.29. The van der Waals surface area contributed by atoms with Gasteiger partial charge in [0.1, 0.15) is 11.0 Å². The lowest BCUT2D eigenvalue weighted by molar-refractivity contribution is 1.18. The van der Waals surface area contributed by atoms with Crippen LogP contribution in [0.1, 0.15) is 0 Å². The van der Waals surface area contributed by atoms with Crippen molar-refractivity contribution in [2.24, 2.45) is 0 Å². The second kappa shape index (κ2) is 14.7. The standard InChI is InChI=1S/C53H33N5S/c1-5-13-34(14-6-1)41-29-42(35-15-7-2-8-16-35)31-43(30-41)48-33-47(55-53(56-48)39-19-11-4-12-20-39)37-23-21-36(22-24-37)40-25-26-44-49(32-40)54-51(38-17-9-3-10-18-38)45-27-28-46-52(50(44)45)58-59-57-46/h1-33H. The van der Waals surface area contributed by atoms with Gasteiger partial charge in [-0.2, -0.15) is 8.75 Å². The van der Waals surface area contributed by atoms with Crippen molar-refractivity contribution in [2.45, 2.75) is 0 Å². The van der Waals surface area contributed by atoms with Crippen molar-refractivity contribution in [3.63, 3.8) is 0 Å². The molecule has 11 rings (SSSR count). The Bertz CT molecular complexity index is 3240. The molecule has 0 bridgehead atoms. The van der Waals surface area contributed by atoms with Gasteiger partial charge in [-0.1, -0.05) is 158 Å². The van der Waals surface area contributed by atoms with Crippen LogP contribution in [0.3, 0.4) is 0 Å². The minimum atomic E-state index is 0.681. The third-order valence-electron chi connectivity index (χ3n) is 10.9. The second-order valence-electron chi connectivity index (χ2n) is 14.6. The van der Waals surface area contributed by atoms with E-state index in [1.54, 1.807) is 0 Å². The second-order valence-corrected chi connectivity index (χ2v) is 15.1. The minimum absolute atomic E-state index is 0.681. The molecule has 59 heavy (non-hydrogen) atoms. The monoisotopic (exact) mass is 771 g/mol. The molecule has 276 valence electrons. The van der Waals surface area contributed by atoms with Crippen molar-refractivity contribution in [1.29, 1.82) is 0 Å². The van der Waals surface area contributed by atoms with Crippen LogP contribution in [-0.4, -0.2) is 23.7 Å². The smallest absolute Gasteiger partial charge is 0.160 e. The van der Waals surface area contributed by atoms with E-state index >= 15 is 0 Å². The number of hydrogen-bond donors (Lipinski definition) is 0. The molecule has 0 aliphatic heterocycles. The molecule has 0 saturated heterocycles. The molecule has 0 spiro atoms. The molecule has 3 heterocycles. The number of pyridine rings is 1. The van der Waals surface area contributed by atoms with Crippen LogP contribution in [-0.2, 0) is 0 Å². The number of fused-ring (bicyclic) bond motifs is 5. The van der Waals surface area contributed by atoms with E-state index in [4.69, 9.17) is 19.3 Å². The van der Waals surface area contributed by atoms with Crippen molar-refractivity contribution in [1.82, 2.24) is 23.7 Å². The molecule has 0 aliphatic carbocycles. The van der Waals surface area contributed by atoms with Crippen LogP contribution in [0, 0.1) is 0 Å². The molecule has 0 saturated carbocycles. The Labute approximate surface area is 345 Å². The summed E-state index contributed by atoms with van der Waals surface area (Å²) in [6.45, 7) is 0. The van der Waals surface area contributed by atoms with Crippen molar-refractivity contribution in [2.75, 3.05) is 0 Å². The molecule has 3 aromatic heterocycles. The largest absolute Gasteiger partial charge is 0.247 e. The fourth-order valence-electron chi connectivity index (χ4n) is 8.00. The summed E-state index contributed by atoms with van der Waals surface area (Å²) in [4.78, 5) is 15.6. The van der Waals surface area contributed by atoms with Gasteiger partial charge >= 0.3 is 0 Å². The number of aromatic nitrogens is 5. The van der Waals surface area contributed by atoms with Gasteiger partial charge in [0.15, 0.2) is 5.82 Å². The molecule has 0 unspecified atom stereocenters. The number of hydrogen-bond acceptors (Lipinski definition) is 6. The number of benzene rings is 8. The van der Waals surface area contributed by atoms with Crippen LogP contribution in [0.5, 0.6) is 0 Å². The Morgan fingerprint density at radius 1 is 0.305 bits per heavy atom. The zero-order valence-corrected chi connectivity index (χ0v) is 32.5. The minimum Gasteiger partial charge on any atom is -0.247 e. The quantitative estimate of drug-likeness (QED) is 0.151. The highest BCUT2D eigenvalue weighted by molar-refractivity contribution is 7.00. The molecule has 0 radical (unpaired) electrons. The van der Waals surface area contributed by atoms with Gasteiger partial charge in [-0.05, 0) is 75.8 Å². The molecule has 8 aromatic carbocycles. The molecule has 5 nitrogen and oxygen atoms in total. The third kappa shape index (κ3) is 6.52. The Morgan fingerprint density at radius 3 is 1.46 bits per heavy atom. The van der Waals surface area contributed by atoms with Gasteiger partial charge in [-0.25, -0.2) is 15.0 Å². The summed E-state index contributed by atoms with van der Waals surface area (Å²) in [7, 11) is 0. The molecule has 0 aliphatic rings. The topological polar surface area (TPSA) is 64.5 Å². The van der Waals surface area contributed by atoms with Crippen LogP contribution in [0.25, 0.3) is 111 Å². The average Bonchev–Trinajstić information content (AvgIpc) is 3.81. The Kier molecular flexibility index (Phi) is 8.60. The summed E-state index contributed by atoms with van der Waals surface area (Å²) in [5, 5.41) is 3.22. The lowest BCUT2D eigenvalue weighted by Crippen LogP contribution is -1.96. The van der Waals surface area contributed by atoms with E-state index in [-0.39, 0.29) is 0 Å². The van der Waals surface area contributed by atoms with Gasteiger partial charge in [0.2, 0.25) is 0 Å². The fraction of sp³-hybridized carbons (Fsp3) is 0. The molecular weight excluding hydrogens is 739 g/mol. The first kappa shape index (κ1) is 34.6. The molecule has 0 N–H and O–H groups in total. The van der Waals surface area contributed by atoms with E-state index in [1.807, 2.05) is 30.3 Å². The van der Waals surface area contributed by atoms with Crippen LogP contribution in [0.15, 0.2) is 200 Å². The summed E-state index contributed by atoms with van der Waals surface area (Å²) in [5.74, 6) is 0.681.